The molecule has 4 nitrogen and oxygen atoms in total. The normalized spacial score (nSPS) is 16.9. The van der Waals surface area contributed by atoms with Gasteiger partial charge < -0.3 is 11.1 Å². The van der Waals surface area contributed by atoms with Gasteiger partial charge in [-0.05, 0) is 54.9 Å². The molecule has 3 rings (SSSR count). The minimum atomic E-state index is 0.251. The van der Waals surface area contributed by atoms with Crippen molar-refractivity contribution in [3.8, 4) is 11.1 Å². The second-order valence-corrected chi connectivity index (χ2v) is 5.89. The molecular formula is C14H18N4S. The predicted octanol–water partition coefficient (Wildman–Crippen LogP) is 3.53. The van der Waals surface area contributed by atoms with Crippen molar-refractivity contribution in [1.29, 1.82) is 0 Å². The molecule has 2 aromatic rings. The lowest BCUT2D eigenvalue weighted by atomic mass is 9.75. The van der Waals surface area contributed by atoms with E-state index in [0.717, 1.165) is 22.5 Å². The van der Waals surface area contributed by atoms with Crippen molar-refractivity contribution in [2.24, 2.45) is 0 Å². The van der Waals surface area contributed by atoms with Crippen molar-refractivity contribution in [3.05, 3.63) is 24.5 Å². The van der Waals surface area contributed by atoms with Gasteiger partial charge in [0.15, 0.2) is 0 Å². The van der Waals surface area contributed by atoms with E-state index in [1.54, 1.807) is 12.4 Å². The summed E-state index contributed by atoms with van der Waals surface area (Å²) < 4.78 is 4.31. The number of nitrogens with zero attached hydrogens (tertiary/aromatic N) is 2. The zero-order valence-corrected chi connectivity index (χ0v) is 11.8. The Morgan fingerprint density at radius 3 is 2.68 bits per heavy atom. The van der Waals surface area contributed by atoms with Gasteiger partial charge >= 0.3 is 0 Å². The zero-order chi connectivity index (χ0) is 13.3. The number of hydrogen-bond donors (Lipinski definition) is 2. The third-order valence-corrected chi connectivity index (χ3v) is 4.83. The number of pyridine rings is 1. The molecule has 0 amide bonds. The van der Waals surface area contributed by atoms with Crippen molar-refractivity contribution >= 4 is 22.4 Å². The number of aromatic nitrogens is 2. The van der Waals surface area contributed by atoms with Gasteiger partial charge in [-0.25, -0.2) is 0 Å². The summed E-state index contributed by atoms with van der Waals surface area (Å²) >= 11 is 1.46. The fraction of sp³-hybridized carbons (Fsp3) is 0.429. The van der Waals surface area contributed by atoms with E-state index in [-0.39, 0.29) is 5.54 Å². The standard InChI is InChI=1S/C14H18N4S/c1-2-14(6-3-7-14)17-13-11(12(15)18-19-13)10-4-8-16-9-5-10/h4-5,8-9,17H,2-3,6-7H2,1H3,(H2,15,18). The molecule has 0 aromatic carbocycles. The van der Waals surface area contributed by atoms with Gasteiger partial charge in [0.25, 0.3) is 0 Å². The summed E-state index contributed by atoms with van der Waals surface area (Å²) in [6.07, 6.45) is 8.48. The molecule has 100 valence electrons. The van der Waals surface area contributed by atoms with Gasteiger partial charge in [0.1, 0.15) is 10.8 Å². The first-order chi connectivity index (χ1) is 9.24. The first-order valence-electron chi connectivity index (χ1n) is 6.68. The van der Waals surface area contributed by atoms with Crippen LogP contribution in [-0.2, 0) is 0 Å². The van der Waals surface area contributed by atoms with Gasteiger partial charge in [0, 0.05) is 17.9 Å². The highest BCUT2D eigenvalue weighted by Gasteiger charge is 2.36. The van der Waals surface area contributed by atoms with E-state index in [1.165, 1.54) is 30.8 Å². The van der Waals surface area contributed by atoms with Gasteiger partial charge in [0.05, 0.1) is 5.56 Å². The number of hydrogen-bond acceptors (Lipinski definition) is 5. The van der Waals surface area contributed by atoms with E-state index in [1.807, 2.05) is 12.1 Å². The van der Waals surface area contributed by atoms with E-state index in [2.05, 4.69) is 21.6 Å². The summed E-state index contributed by atoms with van der Waals surface area (Å²) in [4.78, 5) is 4.05. The third-order valence-electron chi connectivity index (χ3n) is 4.05. The third kappa shape index (κ3) is 2.18. The molecule has 2 heterocycles. The van der Waals surface area contributed by atoms with Gasteiger partial charge in [-0.15, -0.1) is 0 Å². The van der Waals surface area contributed by atoms with Gasteiger partial charge in [-0.2, -0.15) is 4.37 Å². The highest BCUT2D eigenvalue weighted by atomic mass is 32.1. The van der Waals surface area contributed by atoms with Crippen LogP contribution in [0.2, 0.25) is 0 Å². The molecule has 1 aliphatic carbocycles. The average molecular weight is 274 g/mol. The summed E-state index contributed by atoms with van der Waals surface area (Å²) in [6.45, 7) is 2.24. The lowest BCUT2D eigenvalue weighted by Gasteiger charge is -2.42. The minimum Gasteiger partial charge on any atom is -0.382 e. The molecule has 0 radical (unpaired) electrons. The van der Waals surface area contributed by atoms with Crippen LogP contribution in [0.3, 0.4) is 0 Å². The number of nitrogen functional groups attached to an aromatic ring is 1. The van der Waals surface area contributed by atoms with Gasteiger partial charge in [-0.3, -0.25) is 4.98 Å². The summed E-state index contributed by atoms with van der Waals surface area (Å²) in [7, 11) is 0. The highest BCUT2D eigenvalue weighted by Crippen LogP contribution is 2.43. The minimum absolute atomic E-state index is 0.251. The molecule has 0 unspecified atom stereocenters. The quantitative estimate of drug-likeness (QED) is 0.895. The van der Waals surface area contributed by atoms with Crippen molar-refractivity contribution in [1.82, 2.24) is 9.36 Å². The smallest absolute Gasteiger partial charge is 0.147 e. The van der Waals surface area contributed by atoms with E-state index >= 15 is 0 Å². The average Bonchev–Trinajstić information content (AvgIpc) is 2.76. The SMILES string of the molecule is CCC1(Nc2snc(N)c2-c2ccncc2)CCC1. The van der Waals surface area contributed by atoms with Crippen molar-refractivity contribution in [2.45, 2.75) is 38.1 Å². The Hall–Kier alpha value is -1.62. The molecule has 0 bridgehead atoms. The lowest BCUT2D eigenvalue weighted by Crippen LogP contribution is -2.44. The molecule has 1 fully saturated rings. The second-order valence-electron chi connectivity index (χ2n) is 5.12. The Bertz CT molecular complexity index is 555. The molecule has 1 aliphatic rings. The first-order valence-corrected chi connectivity index (χ1v) is 7.45. The molecule has 1 saturated carbocycles. The molecule has 0 aliphatic heterocycles. The lowest BCUT2D eigenvalue weighted by molar-refractivity contribution is 0.270. The van der Waals surface area contributed by atoms with Crippen molar-refractivity contribution in [3.63, 3.8) is 0 Å². The number of anilines is 2. The maximum absolute atomic E-state index is 6.03. The van der Waals surface area contributed by atoms with Gasteiger partial charge in [-0.1, -0.05) is 6.92 Å². The molecular weight excluding hydrogens is 256 g/mol. The van der Waals surface area contributed by atoms with Crippen molar-refractivity contribution < 1.29 is 0 Å². The number of nitrogens with one attached hydrogen (secondary N) is 1. The molecule has 0 spiro atoms. The summed E-state index contributed by atoms with van der Waals surface area (Å²) in [6, 6.07) is 3.95. The largest absolute Gasteiger partial charge is 0.382 e. The van der Waals surface area contributed by atoms with Crippen LogP contribution in [0.4, 0.5) is 10.8 Å². The molecule has 2 aromatic heterocycles. The van der Waals surface area contributed by atoms with Crippen LogP contribution < -0.4 is 11.1 Å². The van der Waals surface area contributed by atoms with Crippen LogP contribution in [0.5, 0.6) is 0 Å². The molecule has 0 atom stereocenters. The summed E-state index contributed by atoms with van der Waals surface area (Å²) in [5.41, 5.74) is 8.38. The second kappa shape index (κ2) is 4.81. The van der Waals surface area contributed by atoms with Crippen molar-refractivity contribution in [2.75, 3.05) is 11.1 Å². The monoisotopic (exact) mass is 274 g/mol. The molecule has 19 heavy (non-hydrogen) atoms. The fourth-order valence-corrected chi connectivity index (χ4v) is 3.45. The van der Waals surface area contributed by atoms with Crippen LogP contribution in [0, 0.1) is 0 Å². The molecule has 5 heteroatoms. The Morgan fingerprint density at radius 2 is 2.11 bits per heavy atom. The Labute approximate surface area is 117 Å². The summed E-state index contributed by atoms with van der Waals surface area (Å²) in [5, 5.41) is 4.77. The van der Waals surface area contributed by atoms with E-state index in [0.29, 0.717) is 5.82 Å². The van der Waals surface area contributed by atoms with Crippen LogP contribution in [0.1, 0.15) is 32.6 Å². The van der Waals surface area contributed by atoms with Crippen LogP contribution in [0.25, 0.3) is 11.1 Å². The van der Waals surface area contributed by atoms with Crippen LogP contribution in [-0.4, -0.2) is 14.9 Å². The highest BCUT2D eigenvalue weighted by molar-refractivity contribution is 7.11. The first kappa shape index (κ1) is 12.4. The Kier molecular flexibility index (Phi) is 3.14. The van der Waals surface area contributed by atoms with Crippen LogP contribution >= 0.6 is 11.5 Å². The molecule has 3 N–H and O–H groups in total. The fourth-order valence-electron chi connectivity index (χ4n) is 2.60. The Morgan fingerprint density at radius 1 is 1.37 bits per heavy atom. The molecule has 0 saturated heterocycles. The predicted molar refractivity (Wildman–Crippen MR) is 80.3 cm³/mol. The Balaban J connectivity index is 1.95. The van der Waals surface area contributed by atoms with Crippen LogP contribution in [0.15, 0.2) is 24.5 Å². The number of nitrogens with two attached hydrogens (primary N) is 1. The van der Waals surface area contributed by atoms with Gasteiger partial charge in [0.2, 0.25) is 0 Å². The topological polar surface area (TPSA) is 63.8 Å². The maximum Gasteiger partial charge on any atom is 0.147 e. The number of rotatable bonds is 4. The zero-order valence-electron chi connectivity index (χ0n) is 11.0. The van der Waals surface area contributed by atoms with E-state index in [9.17, 15) is 0 Å². The maximum atomic E-state index is 6.03. The van der Waals surface area contributed by atoms with E-state index in [4.69, 9.17) is 5.73 Å². The van der Waals surface area contributed by atoms with E-state index < -0.39 is 0 Å². The summed E-state index contributed by atoms with van der Waals surface area (Å²) in [5.74, 6) is 0.601.